The van der Waals surface area contributed by atoms with E-state index in [0.29, 0.717) is 5.92 Å². The number of rotatable bonds is 4. The molecule has 0 spiro atoms. The average Bonchev–Trinajstić information content (AvgIpc) is 2.98. The smallest absolute Gasteiger partial charge is 0.304 e. The molecule has 1 aliphatic rings. The molecule has 1 aliphatic carbocycles. The number of fused-ring (bicyclic) bond motifs is 1. The number of hydrogen-bond donors (Lipinski definition) is 1. The summed E-state index contributed by atoms with van der Waals surface area (Å²) in [6, 6.07) is 6.24. The monoisotopic (exact) mass is 275 g/mol. The fourth-order valence-electron chi connectivity index (χ4n) is 2.53. The molecule has 2 aromatic rings. The fraction of sp³-hybridized carbons (Fsp3) is 0.467. The van der Waals surface area contributed by atoms with Gasteiger partial charge >= 0.3 is 5.97 Å². The lowest BCUT2D eigenvalue weighted by molar-refractivity contribution is -0.137. The highest BCUT2D eigenvalue weighted by Crippen LogP contribution is 2.51. The summed E-state index contributed by atoms with van der Waals surface area (Å²) in [7, 11) is 0. The third-order valence-electron chi connectivity index (χ3n) is 3.85. The van der Waals surface area contributed by atoms with Gasteiger partial charge < -0.3 is 5.11 Å². The molecule has 0 bridgehead atoms. The van der Waals surface area contributed by atoms with E-state index in [0.717, 1.165) is 23.4 Å². The third kappa shape index (κ3) is 2.25. The van der Waals surface area contributed by atoms with E-state index in [1.54, 1.807) is 11.3 Å². The van der Waals surface area contributed by atoms with E-state index in [1.165, 1.54) is 10.3 Å². The summed E-state index contributed by atoms with van der Waals surface area (Å²) in [4.78, 5) is 15.6. The van der Waals surface area contributed by atoms with Crippen LogP contribution >= 0.6 is 11.3 Å². The van der Waals surface area contributed by atoms with Crippen molar-refractivity contribution in [2.45, 2.75) is 44.4 Å². The number of carbonyl (C=O) groups is 1. The topological polar surface area (TPSA) is 50.2 Å². The molecule has 0 atom stereocenters. The van der Waals surface area contributed by atoms with Crippen LogP contribution in [0.5, 0.6) is 0 Å². The van der Waals surface area contributed by atoms with Crippen molar-refractivity contribution in [1.29, 1.82) is 0 Å². The van der Waals surface area contributed by atoms with Crippen molar-refractivity contribution in [2.75, 3.05) is 0 Å². The zero-order valence-corrected chi connectivity index (χ0v) is 12.0. The Kier molecular flexibility index (Phi) is 2.86. The molecule has 0 aliphatic heterocycles. The molecule has 1 aromatic heterocycles. The Labute approximate surface area is 116 Å². The van der Waals surface area contributed by atoms with Crippen LogP contribution in [-0.4, -0.2) is 16.1 Å². The number of hydrogen-bond acceptors (Lipinski definition) is 3. The highest BCUT2D eigenvalue weighted by atomic mass is 32.1. The number of nitrogens with zero attached hydrogens (tertiary/aromatic N) is 1. The Bertz CT molecular complexity index is 641. The first kappa shape index (κ1) is 12.6. The fourth-order valence-corrected chi connectivity index (χ4v) is 3.54. The SMILES string of the molecule is CC(C)c1nc2ccc(C3(CC(=O)O)CC3)cc2s1. The van der Waals surface area contributed by atoms with Gasteiger partial charge in [-0.1, -0.05) is 19.9 Å². The van der Waals surface area contributed by atoms with Crippen molar-refractivity contribution in [3.8, 4) is 0 Å². The Morgan fingerprint density at radius 2 is 2.21 bits per heavy atom. The second-order valence-corrected chi connectivity index (χ2v) is 6.80. The lowest BCUT2D eigenvalue weighted by Crippen LogP contribution is -2.12. The highest BCUT2D eigenvalue weighted by Gasteiger charge is 2.46. The Hall–Kier alpha value is -1.42. The predicted octanol–water partition coefficient (Wildman–Crippen LogP) is 3.93. The van der Waals surface area contributed by atoms with Crippen molar-refractivity contribution in [2.24, 2.45) is 0 Å². The normalized spacial score (nSPS) is 17.0. The van der Waals surface area contributed by atoms with E-state index in [1.807, 2.05) is 6.07 Å². The molecule has 1 saturated carbocycles. The number of benzene rings is 1. The molecule has 0 saturated heterocycles. The lowest BCUT2D eigenvalue weighted by Gasteiger charge is -2.12. The van der Waals surface area contributed by atoms with Crippen LogP contribution in [0.3, 0.4) is 0 Å². The maximum atomic E-state index is 11.0. The first-order valence-corrected chi connectivity index (χ1v) is 7.45. The Morgan fingerprint density at radius 1 is 1.47 bits per heavy atom. The summed E-state index contributed by atoms with van der Waals surface area (Å²) in [6.07, 6.45) is 2.22. The van der Waals surface area contributed by atoms with Crippen LogP contribution in [0, 0.1) is 0 Å². The Morgan fingerprint density at radius 3 is 2.79 bits per heavy atom. The standard InChI is InChI=1S/C15H17NO2S/c1-9(2)14-16-11-4-3-10(7-12(11)19-14)15(5-6-15)8-13(17)18/h3-4,7,9H,5-6,8H2,1-2H3,(H,17,18). The van der Waals surface area contributed by atoms with Crippen LogP contribution in [0.1, 0.15) is 49.6 Å². The quantitative estimate of drug-likeness (QED) is 0.919. The van der Waals surface area contributed by atoms with Gasteiger partial charge in [-0.2, -0.15) is 0 Å². The maximum Gasteiger partial charge on any atom is 0.304 e. The van der Waals surface area contributed by atoms with Gasteiger partial charge in [-0.25, -0.2) is 4.98 Å². The van der Waals surface area contributed by atoms with Crippen LogP contribution in [-0.2, 0) is 10.2 Å². The second kappa shape index (κ2) is 4.30. The molecular weight excluding hydrogens is 258 g/mol. The molecule has 1 aromatic carbocycles. The summed E-state index contributed by atoms with van der Waals surface area (Å²) in [6.45, 7) is 4.29. The van der Waals surface area contributed by atoms with Crippen molar-refractivity contribution in [1.82, 2.24) is 4.98 Å². The minimum absolute atomic E-state index is 0.109. The Balaban J connectivity index is 2.00. The van der Waals surface area contributed by atoms with E-state index in [2.05, 4.69) is 31.0 Å². The largest absolute Gasteiger partial charge is 0.481 e. The highest BCUT2D eigenvalue weighted by molar-refractivity contribution is 7.18. The van der Waals surface area contributed by atoms with Crippen LogP contribution in [0.25, 0.3) is 10.2 Å². The number of aliphatic carboxylic acids is 1. The van der Waals surface area contributed by atoms with E-state index < -0.39 is 5.97 Å². The van der Waals surface area contributed by atoms with Gasteiger partial charge in [-0.15, -0.1) is 11.3 Å². The van der Waals surface area contributed by atoms with E-state index in [4.69, 9.17) is 5.11 Å². The number of carboxylic acid groups (broad SMARTS) is 1. The lowest BCUT2D eigenvalue weighted by atomic mass is 9.92. The summed E-state index contributed by atoms with van der Waals surface area (Å²) in [5.41, 5.74) is 2.09. The zero-order chi connectivity index (χ0) is 13.6. The van der Waals surface area contributed by atoms with Gasteiger partial charge in [0.15, 0.2) is 0 Å². The number of thiazole rings is 1. The maximum absolute atomic E-state index is 11.0. The minimum atomic E-state index is -0.704. The van der Waals surface area contributed by atoms with Gasteiger partial charge in [-0.3, -0.25) is 4.79 Å². The molecule has 1 heterocycles. The molecule has 19 heavy (non-hydrogen) atoms. The van der Waals surface area contributed by atoms with Crippen molar-refractivity contribution < 1.29 is 9.90 Å². The number of aromatic nitrogens is 1. The van der Waals surface area contributed by atoms with Crippen LogP contribution in [0.15, 0.2) is 18.2 Å². The zero-order valence-electron chi connectivity index (χ0n) is 11.1. The molecule has 3 rings (SSSR count). The first-order chi connectivity index (χ1) is 9.00. The second-order valence-electron chi connectivity index (χ2n) is 5.74. The van der Waals surface area contributed by atoms with E-state index in [-0.39, 0.29) is 11.8 Å². The average molecular weight is 275 g/mol. The predicted molar refractivity (Wildman–Crippen MR) is 76.9 cm³/mol. The molecule has 0 radical (unpaired) electrons. The molecule has 1 N–H and O–H groups in total. The summed E-state index contributed by atoms with van der Waals surface area (Å²) >= 11 is 1.72. The molecule has 3 nitrogen and oxygen atoms in total. The number of carboxylic acids is 1. The first-order valence-electron chi connectivity index (χ1n) is 6.63. The molecule has 0 unspecified atom stereocenters. The van der Waals surface area contributed by atoms with Gasteiger partial charge in [0.2, 0.25) is 0 Å². The van der Waals surface area contributed by atoms with E-state index >= 15 is 0 Å². The van der Waals surface area contributed by atoms with Crippen LogP contribution < -0.4 is 0 Å². The molecular formula is C15H17NO2S. The van der Waals surface area contributed by atoms with Gasteiger partial charge in [0, 0.05) is 11.3 Å². The minimum Gasteiger partial charge on any atom is -0.481 e. The van der Waals surface area contributed by atoms with Gasteiger partial charge in [0.05, 0.1) is 21.6 Å². The summed E-state index contributed by atoms with van der Waals surface area (Å²) in [5.74, 6) is -0.264. The van der Waals surface area contributed by atoms with Gasteiger partial charge in [-0.05, 0) is 30.5 Å². The van der Waals surface area contributed by atoms with Crippen LogP contribution in [0.4, 0.5) is 0 Å². The van der Waals surface area contributed by atoms with Crippen molar-refractivity contribution in [3.05, 3.63) is 28.8 Å². The summed E-state index contributed by atoms with van der Waals surface area (Å²) < 4.78 is 1.18. The molecule has 100 valence electrons. The summed E-state index contributed by atoms with van der Waals surface area (Å²) in [5, 5.41) is 10.2. The third-order valence-corrected chi connectivity index (χ3v) is 5.17. The van der Waals surface area contributed by atoms with Crippen molar-refractivity contribution >= 4 is 27.5 Å². The van der Waals surface area contributed by atoms with Gasteiger partial charge in [0.25, 0.3) is 0 Å². The van der Waals surface area contributed by atoms with Crippen molar-refractivity contribution in [3.63, 3.8) is 0 Å². The molecule has 0 amide bonds. The molecule has 1 fully saturated rings. The van der Waals surface area contributed by atoms with Crippen LogP contribution in [0.2, 0.25) is 0 Å². The van der Waals surface area contributed by atoms with Gasteiger partial charge in [0.1, 0.15) is 0 Å². The molecule has 4 heteroatoms. The van der Waals surface area contributed by atoms with E-state index in [9.17, 15) is 4.79 Å².